The maximum absolute atomic E-state index is 13.6. The number of methoxy groups -OCH3 is 1. The summed E-state index contributed by atoms with van der Waals surface area (Å²) in [6.07, 6.45) is 0.653. The van der Waals surface area contributed by atoms with E-state index in [1.54, 1.807) is 30.3 Å². The number of halogens is 1. The van der Waals surface area contributed by atoms with E-state index < -0.39 is 22.5 Å². The van der Waals surface area contributed by atoms with E-state index in [0.717, 1.165) is 21.0 Å². The number of anilines is 1. The number of carbonyl (C=O) groups excluding carboxylic acids is 1. The number of rotatable bonds is 9. The molecule has 1 atom stereocenters. The van der Waals surface area contributed by atoms with Gasteiger partial charge in [0.15, 0.2) is 0 Å². The number of sulfonamides is 1. The largest absolute Gasteiger partial charge is 0.495 e. The zero-order chi connectivity index (χ0) is 24.9. The minimum Gasteiger partial charge on any atom is -0.495 e. The van der Waals surface area contributed by atoms with E-state index in [1.807, 2.05) is 39.0 Å². The smallest absolute Gasteiger partial charge is 0.264 e. The molecule has 3 aromatic rings. The molecule has 0 aliphatic rings. The minimum absolute atomic E-state index is 0.0611. The molecule has 1 unspecified atom stereocenters. The summed E-state index contributed by atoms with van der Waals surface area (Å²) in [5.74, 6) is -0.149. The lowest BCUT2D eigenvalue weighted by Gasteiger charge is -2.27. The molecule has 3 aromatic carbocycles. The number of aryl methyl sites for hydroxylation is 2. The molecular formula is C26H29ClN2O4S. The Balaban J connectivity index is 1.98. The molecule has 0 fully saturated rings. The van der Waals surface area contributed by atoms with Crippen LogP contribution in [0.2, 0.25) is 5.02 Å². The van der Waals surface area contributed by atoms with Gasteiger partial charge in [-0.15, -0.1) is 0 Å². The van der Waals surface area contributed by atoms with Crippen molar-refractivity contribution in [1.29, 1.82) is 0 Å². The van der Waals surface area contributed by atoms with E-state index in [2.05, 4.69) is 5.32 Å². The first-order valence-electron chi connectivity index (χ1n) is 10.9. The van der Waals surface area contributed by atoms with E-state index in [0.29, 0.717) is 11.4 Å². The predicted molar refractivity (Wildman–Crippen MR) is 136 cm³/mol. The van der Waals surface area contributed by atoms with Crippen LogP contribution in [0.3, 0.4) is 0 Å². The summed E-state index contributed by atoms with van der Waals surface area (Å²) in [5, 5.41) is 3.31. The molecule has 0 saturated carbocycles. The van der Waals surface area contributed by atoms with Crippen molar-refractivity contribution < 1.29 is 17.9 Å². The number of amides is 1. The van der Waals surface area contributed by atoms with Gasteiger partial charge in [0.1, 0.15) is 12.3 Å². The van der Waals surface area contributed by atoms with E-state index >= 15 is 0 Å². The van der Waals surface area contributed by atoms with Crippen LogP contribution in [-0.4, -0.2) is 28.0 Å². The summed E-state index contributed by atoms with van der Waals surface area (Å²) in [7, 11) is -2.65. The monoisotopic (exact) mass is 500 g/mol. The molecular weight excluding hydrogens is 472 g/mol. The van der Waals surface area contributed by atoms with E-state index in [9.17, 15) is 13.2 Å². The van der Waals surface area contributed by atoms with Crippen molar-refractivity contribution in [2.45, 2.75) is 38.1 Å². The summed E-state index contributed by atoms with van der Waals surface area (Å²) >= 11 is 6.19. The van der Waals surface area contributed by atoms with Crippen LogP contribution in [0.1, 0.15) is 36.1 Å². The van der Waals surface area contributed by atoms with Gasteiger partial charge >= 0.3 is 0 Å². The standard InChI is InChI=1S/C26H29ClN2O4S/c1-5-23(20-12-11-18(2)19(3)15-20)28-26(30)17-29(24-16-21(27)13-14-25(24)33-4)34(31,32)22-9-7-6-8-10-22/h6-16,23H,5,17H2,1-4H3,(H,28,30). The first-order chi connectivity index (χ1) is 16.2. The second kappa shape index (κ2) is 10.9. The van der Waals surface area contributed by atoms with Crippen LogP contribution in [0.5, 0.6) is 5.75 Å². The van der Waals surface area contributed by atoms with Gasteiger partial charge in [-0.1, -0.05) is 54.9 Å². The molecule has 0 saturated heterocycles. The van der Waals surface area contributed by atoms with Gasteiger partial charge in [-0.2, -0.15) is 0 Å². The molecule has 1 N–H and O–H groups in total. The van der Waals surface area contributed by atoms with E-state index in [-0.39, 0.29) is 22.4 Å². The summed E-state index contributed by atoms with van der Waals surface area (Å²) in [4.78, 5) is 13.3. The minimum atomic E-state index is -4.08. The van der Waals surface area contributed by atoms with Crippen molar-refractivity contribution in [2.24, 2.45) is 0 Å². The highest BCUT2D eigenvalue weighted by molar-refractivity contribution is 7.92. The van der Waals surface area contributed by atoms with Crippen LogP contribution in [0, 0.1) is 13.8 Å². The Hall–Kier alpha value is -3.03. The number of hydrogen-bond donors (Lipinski definition) is 1. The topological polar surface area (TPSA) is 75.7 Å². The van der Waals surface area contributed by atoms with Crippen LogP contribution in [0.15, 0.2) is 71.6 Å². The number of ether oxygens (including phenoxy) is 1. The lowest BCUT2D eigenvalue weighted by molar-refractivity contribution is -0.120. The van der Waals surface area contributed by atoms with E-state index in [4.69, 9.17) is 16.3 Å². The Labute approximate surface area is 206 Å². The molecule has 34 heavy (non-hydrogen) atoms. The van der Waals surface area contributed by atoms with Crippen LogP contribution in [-0.2, 0) is 14.8 Å². The van der Waals surface area contributed by atoms with Gasteiger partial charge < -0.3 is 10.1 Å². The van der Waals surface area contributed by atoms with Gasteiger partial charge in [-0.3, -0.25) is 9.10 Å². The zero-order valence-electron chi connectivity index (χ0n) is 19.7. The maximum Gasteiger partial charge on any atom is 0.264 e. The van der Waals surface area contributed by atoms with Crippen molar-refractivity contribution in [3.8, 4) is 5.75 Å². The van der Waals surface area contributed by atoms with E-state index in [1.165, 1.54) is 25.3 Å². The quantitative estimate of drug-likeness (QED) is 0.425. The first kappa shape index (κ1) is 25.6. The van der Waals surface area contributed by atoms with Crippen molar-refractivity contribution in [3.05, 3.63) is 88.4 Å². The van der Waals surface area contributed by atoms with Crippen molar-refractivity contribution in [2.75, 3.05) is 18.0 Å². The highest BCUT2D eigenvalue weighted by atomic mass is 35.5. The van der Waals surface area contributed by atoms with Gasteiger partial charge in [0.05, 0.1) is 23.7 Å². The highest BCUT2D eigenvalue weighted by Crippen LogP contribution is 2.35. The fourth-order valence-electron chi connectivity index (χ4n) is 3.65. The van der Waals surface area contributed by atoms with Crippen molar-refractivity contribution >= 4 is 33.2 Å². The number of benzene rings is 3. The molecule has 0 bridgehead atoms. The third kappa shape index (κ3) is 5.72. The van der Waals surface area contributed by atoms with Gasteiger partial charge in [-0.25, -0.2) is 8.42 Å². The Morgan fingerprint density at radius 1 is 1.03 bits per heavy atom. The Bertz CT molecular complexity index is 1260. The lowest BCUT2D eigenvalue weighted by atomic mass is 9.99. The number of hydrogen-bond acceptors (Lipinski definition) is 4. The molecule has 6 nitrogen and oxygen atoms in total. The third-order valence-corrected chi connectivity index (χ3v) is 7.71. The second-order valence-corrected chi connectivity index (χ2v) is 10.3. The Morgan fingerprint density at radius 3 is 2.35 bits per heavy atom. The molecule has 1 amide bonds. The molecule has 0 heterocycles. The lowest BCUT2D eigenvalue weighted by Crippen LogP contribution is -2.42. The fraction of sp³-hybridized carbons (Fsp3) is 0.269. The molecule has 0 spiro atoms. The zero-order valence-corrected chi connectivity index (χ0v) is 21.3. The molecule has 0 aliphatic carbocycles. The maximum atomic E-state index is 13.6. The van der Waals surface area contributed by atoms with Crippen molar-refractivity contribution in [3.63, 3.8) is 0 Å². The third-order valence-electron chi connectivity index (χ3n) is 5.70. The van der Waals surface area contributed by atoms with Gasteiger partial charge in [0.2, 0.25) is 5.91 Å². The molecule has 0 radical (unpaired) electrons. The average molecular weight is 501 g/mol. The van der Waals surface area contributed by atoms with Gasteiger partial charge in [0, 0.05) is 5.02 Å². The molecule has 0 aromatic heterocycles. The molecule has 8 heteroatoms. The van der Waals surface area contributed by atoms with Gasteiger partial charge in [-0.05, 0) is 67.3 Å². The first-order valence-corrected chi connectivity index (χ1v) is 12.8. The second-order valence-electron chi connectivity index (χ2n) is 8.01. The summed E-state index contributed by atoms with van der Waals surface area (Å²) in [6.45, 7) is 5.59. The molecule has 180 valence electrons. The number of nitrogens with one attached hydrogen (secondary N) is 1. The average Bonchev–Trinajstić information content (AvgIpc) is 2.83. The summed E-state index contributed by atoms with van der Waals surface area (Å²) in [6, 6.07) is 18.4. The fourth-order valence-corrected chi connectivity index (χ4v) is 5.26. The van der Waals surface area contributed by atoms with Crippen LogP contribution in [0.25, 0.3) is 0 Å². The van der Waals surface area contributed by atoms with Gasteiger partial charge in [0.25, 0.3) is 10.0 Å². The SMILES string of the molecule is CCC(NC(=O)CN(c1cc(Cl)ccc1OC)S(=O)(=O)c1ccccc1)c1ccc(C)c(C)c1. The molecule has 0 aliphatic heterocycles. The summed E-state index contributed by atoms with van der Waals surface area (Å²) in [5.41, 5.74) is 3.45. The summed E-state index contributed by atoms with van der Waals surface area (Å²) < 4.78 is 33.6. The van der Waals surface area contributed by atoms with Crippen LogP contribution in [0.4, 0.5) is 5.69 Å². The van der Waals surface area contributed by atoms with Crippen LogP contribution >= 0.6 is 11.6 Å². The predicted octanol–water partition coefficient (Wildman–Crippen LogP) is 5.43. The number of carbonyl (C=O) groups is 1. The van der Waals surface area contributed by atoms with Crippen LogP contribution < -0.4 is 14.4 Å². The highest BCUT2D eigenvalue weighted by Gasteiger charge is 2.30. The normalized spacial score (nSPS) is 12.1. The molecule has 3 rings (SSSR count). The number of nitrogens with zero attached hydrogens (tertiary/aromatic N) is 1. The Morgan fingerprint density at radius 2 is 1.74 bits per heavy atom. The van der Waals surface area contributed by atoms with Crippen molar-refractivity contribution in [1.82, 2.24) is 5.32 Å². The Kier molecular flexibility index (Phi) is 8.23.